The van der Waals surface area contributed by atoms with Crippen molar-refractivity contribution in [1.82, 2.24) is 14.7 Å². The molecule has 1 aliphatic carbocycles. The van der Waals surface area contributed by atoms with Crippen molar-refractivity contribution in [3.8, 4) is 11.3 Å². The van der Waals surface area contributed by atoms with Gasteiger partial charge in [0.25, 0.3) is 5.91 Å². The van der Waals surface area contributed by atoms with Gasteiger partial charge in [0.2, 0.25) is 5.95 Å². The summed E-state index contributed by atoms with van der Waals surface area (Å²) in [7, 11) is -1.47. The van der Waals surface area contributed by atoms with Crippen LogP contribution in [0.3, 0.4) is 0 Å². The van der Waals surface area contributed by atoms with E-state index < -0.39 is 11.0 Å². The quantitative estimate of drug-likeness (QED) is 0.899. The zero-order valence-corrected chi connectivity index (χ0v) is 13.9. The first-order chi connectivity index (χ1) is 11.7. The molecule has 0 spiro atoms. The van der Waals surface area contributed by atoms with Crippen LogP contribution < -0.4 is 9.62 Å². The lowest BCUT2D eigenvalue weighted by Crippen LogP contribution is -2.38. The van der Waals surface area contributed by atoms with E-state index in [4.69, 9.17) is 9.97 Å². The molecular formula is C17H16N4O2S. The molecule has 6 nitrogen and oxygen atoms in total. The third kappa shape index (κ3) is 2.00. The van der Waals surface area contributed by atoms with Crippen molar-refractivity contribution in [2.24, 2.45) is 0 Å². The van der Waals surface area contributed by atoms with E-state index in [0.717, 1.165) is 55.3 Å². The Morgan fingerprint density at radius 2 is 2.00 bits per heavy atom. The van der Waals surface area contributed by atoms with Gasteiger partial charge in [-0.05, 0) is 37.8 Å². The molecule has 0 radical (unpaired) electrons. The summed E-state index contributed by atoms with van der Waals surface area (Å²) in [5.41, 5.74) is 4.67. The van der Waals surface area contributed by atoms with Crippen molar-refractivity contribution < 1.29 is 9.00 Å². The van der Waals surface area contributed by atoms with Gasteiger partial charge in [0.05, 0.1) is 16.2 Å². The third-order valence-corrected chi connectivity index (χ3v) is 6.05. The predicted octanol–water partition coefficient (Wildman–Crippen LogP) is 1.61. The highest BCUT2D eigenvalue weighted by atomic mass is 32.2. The van der Waals surface area contributed by atoms with Crippen molar-refractivity contribution >= 4 is 22.8 Å². The van der Waals surface area contributed by atoms with E-state index in [1.807, 2.05) is 12.1 Å². The summed E-state index contributed by atoms with van der Waals surface area (Å²) in [6.07, 6.45) is 4.24. The number of hydrogen-bond acceptors (Lipinski definition) is 5. The molecule has 1 aromatic heterocycles. The molecule has 2 aliphatic heterocycles. The maximum absolute atomic E-state index is 12.1. The van der Waals surface area contributed by atoms with Crippen LogP contribution in [0.25, 0.3) is 11.3 Å². The zero-order valence-electron chi connectivity index (χ0n) is 13.0. The van der Waals surface area contributed by atoms with Crippen molar-refractivity contribution in [3.05, 3.63) is 35.0 Å². The number of nitrogens with one attached hydrogen (secondary N) is 1. The maximum Gasteiger partial charge on any atom is 0.264 e. The second-order valence-corrected chi connectivity index (χ2v) is 7.58. The zero-order chi connectivity index (χ0) is 16.3. The molecule has 2 aromatic rings. The van der Waals surface area contributed by atoms with Crippen LogP contribution in [0.5, 0.6) is 0 Å². The number of carbonyl (C=O) groups excluding carboxylic acids is 1. The number of anilines is 1. The lowest BCUT2D eigenvalue weighted by Gasteiger charge is -2.31. The van der Waals surface area contributed by atoms with Crippen LogP contribution in [-0.2, 0) is 23.8 Å². The Morgan fingerprint density at radius 1 is 1.12 bits per heavy atom. The summed E-state index contributed by atoms with van der Waals surface area (Å²) in [6, 6.07) is 5.49. The molecular weight excluding hydrogens is 324 g/mol. The number of fused-ring (bicyclic) bond motifs is 2. The fourth-order valence-corrected chi connectivity index (χ4v) is 4.50. The van der Waals surface area contributed by atoms with Crippen LogP contribution in [0.4, 0.5) is 5.95 Å². The van der Waals surface area contributed by atoms with Gasteiger partial charge < -0.3 is 4.90 Å². The lowest BCUT2D eigenvalue weighted by molar-refractivity contribution is 0.0986. The molecule has 3 aliphatic rings. The second kappa shape index (κ2) is 5.11. The van der Waals surface area contributed by atoms with Crippen LogP contribution in [0.15, 0.2) is 23.1 Å². The van der Waals surface area contributed by atoms with Crippen LogP contribution >= 0.6 is 0 Å². The van der Waals surface area contributed by atoms with Gasteiger partial charge in [-0.15, -0.1) is 0 Å². The Balaban J connectivity index is 1.67. The molecule has 1 fully saturated rings. The van der Waals surface area contributed by atoms with E-state index in [2.05, 4.69) is 9.62 Å². The van der Waals surface area contributed by atoms with Crippen LogP contribution in [-0.4, -0.2) is 33.2 Å². The highest BCUT2D eigenvalue weighted by molar-refractivity contribution is 7.84. The topological polar surface area (TPSA) is 75.2 Å². The number of benzene rings is 1. The monoisotopic (exact) mass is 340 g/mol. The smallest absolute Gasteiger partial charge is 0.264 e. The van der Waals surface area contributed by atoms with E-state index in [9.17, 15) is 9.00 Å². The van der Waals surface area contributed by atoms with Crippen molar-refractivity contribution in [3.63, 3.8) is 0 Å². The fourth-order valence-electron chi connectivity index (χ4n) is 3.52. The molecule has 1 atom stereocenters. The lowest BCUT2D eigenvalue weighted by atomic mass is 10.0. The van der Waals surface area contributed by atoms with Gasteiger partial charge in [-0.25, -0.2) is 14.2 Å². The maximum atomic E-state index is 12.1. The van der Waals surface area contributed by atoms with E-state index in [0.29, 0.717) is 10.5 Å². The minimum atomic E-state index is -1.47. The van der Waals surface area contributed by atoms with E-state index in [-0.39, 0.29) is 5.91 Å². The molecule has 24 heavy (non-hydrogen) atoms. The summed E-state index contributed by atoms with van der Waals surface area (Å²) in [4.78, 5) is 24.1. The first-order valence-corrected chi connectivity index (χ1v) is 9.37. The Hall–Kier alpha value is -2.28. The normalized spacial score (nSPS) is 21.2. The van der Waals surface area contributed by atoms with Crippen LogP contribution in [0.2, 0.25) is 0 Å². The molecule has 1 N–H and O–H groups in total. The Bertz CT molecular complexity index is 908. The predicted molar refractivity (Wildman–Crippen MR) is 90.2 cm³/mol. The van der Waals surface area contributed by atoms with Crippen molar-refractivity contribution in [2.45, 2.75) is 30.6 Å². The molecule has 1 aromatic carbocycles. The standard InChI is InChI=1S/C17H16N4O2S/c22-16-12-6-5-10(9-14(12)24(23)20-16)15-11-3-1-4-13(11)18-17(19-15)21-7-2-8-21/h5-6,9H,1-4,7-8H2,(H,20,22). The Kier molecular flexibility index (Phi) is 3.00. The van der Waals surface area contributed by atoms with Gasteiger partial charge in [-0.3, -0.25) is 9.52 Å². The summed E-state index contributed by atoms with van der Waals surface area (Å²) < 4.78 is 14.5. The molecule has 1 saturated heterocycles. The molecule has 7 heteroatoms. The molecule has 0 bridgehead atoms. The average molecular weight is 340 g/mol. The first-order valence-electron chi connectivity index (χ1n) is 8.22. The van der Waals surface area contributed by atoms with E-state index in [1.54, 1.807) is 6.07 Å². The van der Waals surface area contributed by atoms with E-state index in [1.165, 1.54) is 12.0 Å². The highest BCUT2D eigenvalue weighted by Crippen LogP contribution is 2.34. The van der Waals surface area contributed by atoms with Gasteiger partial charge in [-0.1, -0.05) is 6.07 Å². The Labute approximate surface area is 141 Å². The number of hydrogen-bond donors (Lipinski definition) is 1. The van der Waals surface area contributed by atoms with Crippen molar-refractivity contribution in [1.29, 1.82) is 0 Å². The van der Waals surface area contributed by atoms with Gasteiger partial charge in [0.1, 0.15) is 0 Å². The van der Waals surface area contributed by atoms with Gasteiger partial charge >= 0.3 is 0 Å². The Morgan fingerprint density at radius 3 is 2.79 bits per heavy atom. The molecule has 1 amide bonds. The highest BCUT2D eigenvalue weighted by Gasteiger charge is 2.28. The molecule has 0 saturated carbocycles. The molecule has 1 unspecified atom stereocenters. The van der Waals surface area contributed by atoms with E-state index >= 15 is 0 Å². The van der Waals surface area contributed by atoms with Crippen LogP contribution in [0.1, 0.15) is 34.5 Å². The minimum absolute atomic E-state index is 0.274. The molecule has 122 valence electrons. The average Bonchev–Trinajstić information content (AvgIpc) is 3.10. The molecule has 5 rings (SSSR count). The number of aryl methyl sites for hydroxylation is 1. The van der Waals surface area contributed by atoms with Gasteiger partial charge in [0, 0.05) is 29.9 Å². The summed E-state index contributed by atoms with van der Waals surface area (Å²) in [5.74, 6) is 0.525. The van der Waals surface area contributed by atoms with Crippen molar-refractivity contribution in [2.75, 3.05) is 18.0 Å². The summed E-state index contributed by atoms with van der Waals surface area (Å²) >= 11 is 0. The number of amides is 1. The third-order valence-electron chi connectivity index (χ3n) is 4.95. The minimum Gasteiger partial charge on any atom is -0.341 e. The fraction of sp³-hybridized carbons (Fsp3) is 0.353. The second-order valence-electron chi connectivity index (χ2n) is 6.40. The summed E-state index contributed by atoms with van der Waals surface area (Å²) in [6.45, 7) is 2.01. The van der Waals surface area contributed by atoms with Gasteiger partial charge in [0.15, 0.2) is 11.0 Å². The number of nitrogens with zero attached hydrogens (tertiary/aromatic N) is 3. The SMILES string of the molecule is O=C1NS(=O)c2cc(-c3nc(N4CCC4)nc4c3CCC4)ccc21. The first kappa shape index (κ1) is 14.1. The number of aromatic nitrogens is 2. The van der Waals surface area contributed by atoms with Crippen LogP contribution in [0, 0.1) is 0 Å². The summed E-state index contributed by atoms with van der Waals surface area (Å²) in [5, 5.41) is 0. The number of carbonyl (C=O) groups is 1. The largest absolute Gasteiger partial charge is 0.341 e. The molecule has 3 heterocycles. The number of rotatable bonds is 2. The van der Waals surface area contributed by atoms with Gasteiger partial charge in [-0.2, -0.15) is 0 Å².